The van der Waals surface area contributed by atoms with Crippen molar-refractivity contribution in [2.75, 3.05) is 0 Å². The molecule has 0 saturated carbocycles. The van der Waals surface area contributed by atoms with E-state index in [4.69, 9.17) is 21.0 Å². The van der Waals surface area contributed by atoms with Gasteiger partial charge in [0.05, 0.1) is 17.1 Å². The molecule has 326 valence electrons. The lowest BCUT2D eigenvalue weighted by molar-refractivity contribution is 0.669. The van der Waals surface area contributed by atoms with Gasteiger partial charge in [0.1, 0.15) is 11.2 Å². The molecule has 0 aliphatic carbocycles. The number of hydrogen-bond donors (Lipinski definition) is 0. The Balaban J connectivity index is 1.07. The predicted octanol–water partition coefficient (Wildman–Crippen LogP) is 18.3. The quantitative estimate of drug-likeness (QED) is 0.0931. The average molecular weight is 920 g/mol. The zero-order valence-corrected chi connectivity index (χ0v) is 39.5. The molecule has 0 bridgehead atoms. The minimum absolute atomic E-state index is 0.474. The van der Waals surface area contributed by atoms with Crippen molar-refractivity contribution in [3.8, 4) is 5.69 Å². The molecule has 69 heavy (non-hydrogen) atoms. The van der Waals surface area contributed by atoms with Crippen LogP contribution in [0.2, 0.25) is 0 Å². The van der Waals surface area contributed by atoms with Crippen molar-refractivity contribution in [2.45, 2.75) is 19.9 Å². The Hall–Kier alpha value is -8.16. The van der Waals surface area contributed by atoms with E-state index in [1.165, 1.54) is 72.7 Å². The van der Waals surface area contributed by atoms with Crippen LogP contribution in [0.25, 0.3) is 111 Å². The van der Waals surface area contributed by atoms with Gasteiger partial charge in [0, 0.05) is 84.4 Å². The molecule has 0 fully saturated rings. The summed E-state index contributed by atoms with van der Waals surface area (Å²) in [6.45, 7) is 8.98. The van der Waals surface area contributed by atoms with Crippen LogP contribution in [0.15, 0.2) is 221 Å². The summed E-state index contributed by atoms with van der Waals surface area (Å²) < 4.78 is 13.9. The van der Waals surface area contributed by atoms with E-state index in [1.807, 2.05) is 40.9 Å². The Morgan fingerprint density at radius 1 is 0.478 bits per heavy atom. The summed E-state index contributed by atoms with van der Waals surface area (Å²) in [7, 11) is 0. The molecular weight excluding hydrogens is 879 g/mol. The molecule has 1 unspecified atom stereocenters. The molecule has 10 aromatic carbocycles. The van der Waals surface area contributed by atoms with Crippen LogP contribution in [0.1, 0.15) is 36.6 Å². The van der Waals surface area contributed by atoms with Crippen molar-refractivity contribution < 1.29 is 4.42 Å². The summed E-state index contributed by atoms with van der Waals surface area (Å²) in [5.74, 6) is 0.627. The normalized spacial score (nSPS) is 13.2. The van der Waals surface area contributed by atoms with E-state index in [-0.39, 0.29) is 0 Å². The molecule has 0 radical (unpaired) electrons. The molecule has 0 aliphatic rings. The van der Waals surface area contributed by atoms with Gasteiger partial charge >= 0.3 is 0 Å². The van der Waals surface area contributed by atoms with Gasteiger partial charge in [-0.25, -0.2) is 4.99 Å². The highest BCUT2D eigenvalue weighted by Gasteiger charge is 2.25. The Bertz CT molecular complexity index is 4560. The minimum atomic E-state index is -0.474. The van der Waals surface area contributed by atoms with Crippen molar-refractivity contribution >= 4 is 140 Å². The molecule has 0 N–H and O–H groups in total. The molecular formula is C63H41N3OS2. The molecule has 0 saturated heterocycles. The lowest BCUT2D eigenvalue weighted by Gasteiger charge is -2.19. The number of nitrogens with zero attached hydrogens (tertiary/aromatic N) is 3. The lowest BCUT2D eigenvalue weighted by Crippen LogP contribution is -2.09. The highest BCUT2D eigenvalue weighted by molar-refractivity contribution is 7.26. The molecule has 4 aromatic heterocycles. The Kier molecular flexibility index (Phi) is 8.94. The predicted molar refractivity (Wildman–Crippen MR) is 298 cm³/mol. The average Bonchev–Trinajstić information content (AvgIpc) is 4.15. The second-order valence-corrected chi connectivity index (χ2v) is 20.4. The monoisotopic (exact) mass is 919 g/mol. The van der Waals surface area contributed by atoms with Crippen LogP contribution < -0.4 is 0 Å². The maximum Gasteiger partial charge on any atom is 0.156 e. The zero-order chi connectivity index (χ0) is 45.9. The van der Waals surface area contributed by atoms with Gasteiger partial charge in [-0.05, 0) is 102 Å². The van der Waals surface area contributed by atoms with Gasteiger partial charge in [0.15, 0.2) is 5.84 Å². The number of para-hydroxylation sites is 1. The van der Waals surface area contributed by atoms with E-state index in [9.17, 15) is 0 Å². The summed E-state index contributed by atoms with van der Waals surface area (Å²) in [6, 6.07) is 69.6. The van der Waals surface area contributed by atoms with Gasteiger partial charge in [0.25, 0.3) is 0 Å². The summed E-state index contributed by atoms with van der Waals surface area (Å²) >= 11 is 3.65. The first kappa shape index (κ1) is 40.0. The molecule has 14 rings (SSSR count). The van der Waals surface area contributed by atoms with Crippen LogP contribution in [0.4, 0.5) is 0 Å². The number of amidine groups is 1. The maximum atomic E-state index is 6.52. The fraction of sp³-hybridized carbons (Fsp3) is 0.0476. The van der Waals surface area contributed by atoms with Gasteiger partial charge in [0.2, 0.25) is 0 Å². The van der Waals surface area contributed by atoms with Crippen LogP contribution >= 0.6 is 22.7 Å². The third kappa shape index (κ3) is 6.19. The van der Waals surface area contributed by atoms with Crippen molar-refractivity contribution in [3.05, 3.63) is 223 Å². The number of rotatable bonds is 6. The first-order chi connectivity index (χ1) is 33.9. The molecule has 1 atom stereocenters. The van der Waals surface area contributed by atoms with E-state index in [2.05, 4.69) is 194 Å². The highest BCUT2D eigenvalue weighted by atomic mass is 32.1. The number of aromatic nitrogens is 1. The molecule has 6 heteroatoms. The van der Waals surface area contributed by atoms with E-state index in [1.54, 1.807) is 0 Å². The van der Waals surface area contributed by atoms with Crippen molar-refractivity contribution in [3.63, 3.8) is 0 Å². The SMILES string of the molecule is C=C(C)C(/N=C(\N=C(/C)c1cccc2sc3ccccc3c12)c1cccc2oc3ccccc3c12)c1cc(-n2c3cc4ccccc4cc3c3c4ccccc4ccc32)cc2sc3ccccc3c12. The van der Waals surface area contributed by atoms with Crippen LogP contribution in [0.5, 0.6) is 0 Å². The number of benzene rings is 10. The van der Waals surface area contributed by atoms with Crippen LogP contribution in [0, 0.1) is 0 Å². The fourth-order valence-electron chi connectivity index (χ4n) is 10.9. The summed E-state index contributed by atoms with van der Waals surface area (Å²) in [5, 5.41) is 14.2. The Labute approximate surface area is 405 Å². The largest absolute Gasteiger partial charge is 0.456 e. The Morgan fingerprint density at radius 2 is 1.10 bits per heavy atom. The van der Waals surface area contributed by atoms with Crippen LogP contribution in [-0.2, 0) is 0 Å². The van der Waals surface area contributed by atoms with Crippen LogP contribution in [-0.4, -0.2) is 16.1 Å². The zero-order valence-electron chi connectivity index (χ0n) is 37.8. The fourth-order valence-corrected chi connectivity index (χ4v) is 13.3. The summed E-state index contributed by atoms with van der Waals surface area (Å²) in [5.41, 5.74) is 9.93. The van der Waals surface area contributed by atoms with E-state index >= 15 is 0 Å². The first-order valence-electron chi connectivity index (χ1n) is 23.4. The van der Waals surface area contributed by atoms with Crippen molar-refractivity contribution in [2.24, 2.45) is 9.98 Å². The minimum Gasteiger partial charge on any atom is -0.456 e. The number of thiophene rings is 2. The number of aliphatic imine (C=N–C) groups is 2. The number of fused-ring (bicyclic) bond motifs is 15. The maximum absolute atomic E-state index is 6.52. The van der Waals surface area contributed by atoms with E-state index < -0.39 is 6.04 Å². The van der Waals surface area contributed by atoms with Gasteiger partial charge in [-0.15, -0.1) is 22.7 Å². The highest BCUT2D eigenvalue weighted by Crippen LogP contribution is 2.46. The first-order valence-corrected chi connectivity index (χ1v) is 25.0. The topological polar surface area (TPSA) is 42.8 Å². The van der Waals surface area contributed by atoms with Gasteiger partial charge in [-0.3, -0.25) is 4.99 Å². The number of furan rings is 1. The molecule has 0 aliphatic heterocycles. The van der Waals surface area contributed by atoms with E-state index in [0.717, 1.165) is 66.6 Å². The van der Waals surface area contributed by atoms with Gasteiger partial charge < -0.3 is 8.98 Å². The van der Waals surface area contributed by atoms with Crippen LogP contribution in [0.3, 0.4) is 0 Å². The lowest BCUT2D eigenvalue weighted by atomic mass is 9.95. The van der Waals surface area contributed by atoms with Crippen molar-refractivity contribution in [1.29, 1.82) is 0 Å². The molecule has 0 spiro atoms. The summed E-state index contributed by atoms with van der Waals surface area (Å²) in [4.78, 5) is 11.6. The second-order valence-electron chi connectivity index (χ2n) is 18.2. The molecule has 4 heterocycles. The van der Waals surface area contributed by atoms with Gasteiger partial charge in [-0.1, -0.05) is 146 Å². The standard InChI is InChI=1S/C63H41N3OS2/c1-36(2)62(65-63(47-24-14-26-53-59(47)44-20-8-11-25-52(44)67-53)64-37(3)42-23-15-29-56-60(42)45-21-9-12-27-54(45)68-56)49-34-41(35-57-61(49)46-22-10-13-28-55(46)69-57)66-50-31-30-38-16-6-7-19-43(38)58(50)48-32-39-17-4-5-18-40(39)33-51(48)66/h4-35,62H,1H2,2-3H3/b64-37+,65-63-. The third-order valence-electron chi connectivity index (χ3n) is 14.0. The Morgan fingerprint density at radius 3 is 1.90 bits per heavy atom. The smallest absolute Gasteiger partial charge is 0.156 e. The third-order valence-corrected chi connectivity index (χ3v) is 16.3. The molecule has 0 amide bonds. The van der Waals surface area contributed by atoms with Crippen molar-refractivity contribution in [1.82, 2.24) is 4.57 Å². The summed E-state index contributed by atoms with van der Waals surface area (Å²) in [6.07, 6.45) is 0. The van der Waals surface area contributed by atoms with E-state index in [0.29, 0.717) is 5.84 Å². The second kappa shape index (κ2) is 15.4. The number of hydrogen-bond acceptors (Lipinski definition) is 4. The molecule has 14 aromatic rings. The van der Waals surface area contributed by atoms with Gasteiger partial charge in [-0.2, -0.15) is 0 Å². The molecule has 4 nitrogen and oxygen atoms in total.